The van der Waals surface area contributed by atoms with Crippen LogP contribution >= 0.6 is 0 Å². The van der Waals surface area contributed by atoms with Crippen LogP contribution in [0.3, 0.4) is 0 Å². The molecule has 2 amide bonds. The van der Waals surface area contributed by atoms with Crippen LogP contribution in [-0.4, -0.2) is 12.2 Å². The van der Waals surface area contributed by atoms with Crippen molar-refractivity contribution in [3.8, 4) is 0 Å². The number of hydrogen-bond donors (Lipinski definition) is 2. The Bertz CT molecular complexity index is 376. The first-order valence-electron chi connectivity index (χ1n) is 3.94. The Morgan fingerprint density at radius 1 is 1.64 bits per heavy atom. The van der Waals surface area contributed by atoms with E-state index in [-0.39, 0.29) is 5.82 Å². The number of amides is 2. The zero-order valence-corrected chi connectivity index (χ0v) is 7.62. The number of hydrogen-bond acceptors (Lipinski definition) is 2. The number of hydrazone groups is 1. The number of urea groups is 1. The van der Waals surface area contributed by atoms with Gasteiger partial charge in [-0.2, -0.15) is 5.10 Å². The van der Waals surface area contributed by atoms with Crippen LogP contribution in [-0.2, 0) is 0 Å². The van der Waals surface area contributed by atoms with E-state index in [2.05, 4.69) is 10.5 Å². The van der Waals surface area contributed by atoms with Crippen LogP contribution in [0, 0.1) is 12.7 Å². The molecule has 0 saturated heterocycles. The average molecular weight is 195 g/mol. The zero-order chi connectivity index (χ0) is 10.6. The predicted octanol–water partition coefficient (Wildman–Crippen LogP) is 1.14. The van der Waals surface area contributed by atoms with Gasteiger partial charge in [-0.15, -0.1) is 0 Å². The number of nitrogens with one attached hydrogen (secondary N) is 1. The van der Waals surface area contributed by atoms with Crippen molar-refractivity contribution in [3.05, 3.63) is 35.1 Å². The molecule has 3 N–H and O–H groups in total. The number of halogens is 1. The number of carbonyl (C=O) groups is 1. The molecule has 4 nitrogen and oxygen atoms in total. The molecule has 0 heterocycles. The van der Waals surface area contributed by atoms with Gasteiger partial charge in [-0.1, -0.05) is 6.07 Å². The van der Waals surface area contributed by atoms with E-state index < -0.39 is 6.03 Å². The van der Waals surface area contributed by atoms with E-state index in [1.54, 1.807) is 13.0 Å². The fraction of sp³-hybridized carbons (Fsp3) is 0.111. The van der Waals surface area contributed by atoms with Gasteiger partial charge < -0.3 is 5.73 Å². The third-order valence-corrected chi connectivity index (χ3v) is 1.61. The molecule has 0 aliphatic rings. The summed E-state index contributed by atoms with van der Waals surface area (Å²) >= 11 is 0. The molecule has 1 aromatic carbocycles. The first kappa shape index (κ1) is 10.2. The smallest absolute Gasteiger partial charge is 0.332 e. The minimum Gasteiger partial charge on any atom is -0.350 e. The highest BCUT2D eigenvalue weighted by Gasteiger charge is 1.96. The van der Waals surface area contributed by atoms with E-state index in [4.69, 9.17) is 5.73 Å². The lowest BCUT2D eigenvalue weighted by atomic mass is 10.1. The van der Waals surface area contributed by atoms with Crippen LogP contribution in [0.25, 0.3) is 0 Å². The molecule has 0 aliphatic carbocycles. The molecule has 1 rings (SSSR count). The van der Waals surface area contributed by atoms with Crippen molar-refractivity contribution < 1.29 is 9.18 Å². The van der Waals surface area contributed by atoms with Gasteiger partial charge in [0.25, 0.3) is 0 Å². The lowest BCUT2D eigenvalue weighted by Crippen LogP contribution is -2.24. The summed E-state index contributed by atoms with van der Waals surface area (Å²) in [5, 5.41) is 3.56. The quantitative estimate of drug-likeness (QED) is 0.539. The zero-order valence-electron chi connectivity index (χ0n) is 7.62. The number of primary amides is 1. The molecule has 0 radical (unpaired) electrons. The Labute approximate surface area is 80.6 Å². The van der Waals surface area contributed by atoms with Crippen LogP contribution in [0.15, 0.2) is 23.3 Å². The monoisotopic (exact) mass is 195 g/mol. The van der Waals surface area contributed by atoms with E-state index in [0.29, 0.717) is 0 Å². The summed E-state index contributed by atoms with van der Waals surface area (Å²) < 4.78 is 12.7. The van der Waals surface area contributed by atoms with Crippen molar-refractivity contribution >= 4 is 12.2 Å². The minimum absolute atomic E-state index is 0.303. The van der Waals surface area contributed by atoms with Crippen molar-refractivity contribution in [2.24, 2.45) is 10.8 Å². The van der Waals surface area contributed by atoms with E-state index in [1.165, 1.54) is 18.3 Å². The predicted molar refractivity (Wildman–Crippen MR) is 51.5 cm³/mol. The van der Waals surface area contributed by atoms with E-state index >= 15 is 0 Å². The van der Waals surface area contributed by atoms with E-state index in [0.717, 1.165) is 11.1 Å². The summed E-state index contributed by atoms with van der Waals surface area (Å²) in [6, 6.07) is 3.53. The fourth-order valence-electron chi connectivity index (χ4n) is 0.949. The van der Waals surface area contributed by atoms with Gasteiger partial charge in [-0.25, -0.2) is 14.6 Å². The van der Waals surface area contributed by atoms with Gasteiger partial charge >= 0.3 is 6.03 Å². The van der Waals surface area contributed by atoms with Crippen LogP contribution in [0.5, 0.6) is 0 Å². The number of rotatable bonds is 2. The Balaban J connectivity index is 2.76. The van der Waals surface area contributed by atoms with Crippen LogP contribution < -0.4 is 11.2 Å². The molecule has 0 bridgehead atoms. The Morgan fingerprint density at radius 3 is 2.93 bits per heavy atom. The maximum absolute atomic E-state index is 12.7. The largest absolute Gasteiger partial charge is 0.350 e. The van der Waals surface area contributed by atoms with Gasteiger partial charge in [0.1, 0.15) is 5.82 Å². The highest BCUT2D eigenvalue weighted by Crippen LogP contribution is 2.07. The first-order chi connectivity index (χ1) is 6.59. The van der Waals surface area contributed by atoms with Gasteiger partial charge in [0.2, 0.25) is 0 Å². The number of aryl methyl sites for hydroxylation is 1. The van der Waals surface area contributed by atoms with Crippen LogP contribution in [0.4, 0.5) is 9.18 Å². The highest BCUT2D eigenvalue weighted by atomic mass is 19.1. The highest BCUT2D eigenvalue weighted by molar-refractivity contribution is 5.83. The van der Waals surface area contributed by atoms with Crippen molar-refractivity contribution in [1.82, 2.24) is 5.43 Å². The summed E-state index contributed by atoms with van der Waals surface area (Å²) in [4.78, 5) is 10.3. The van der Waals surface area contributed by atoms with Gasteiger partial charge in [0.05, 0.1) is 6.21 Å². The summed E-state index contributed by atoms with van der Waals surface area (Å²) in [7, 11) is 0. The average Bonchev–Trinajstić information content (AvgIpc) is 2.08. The Morgan fingerprint density at radius 2 is 2.36 bits per heavy atom. The number of nitrogens with two attached hydrogens (primary N) is 1. The van der Waals surface area contributed by atoms with Crippen molar-refractivity contribution in [1.29, 1.82) is 0 Å². The molecule has 14 heavy (non-hydrogen) atoms. The molecule has 0 fully saturated rings. The van der Waals surface area contributed by atoms with Crippen molar-refractivity contribution in [2.45, 2.75) is 6.92 Å². The second-order valence-corrected chi connectivity index (χ2v) is 2.74. The molecule has 1 aromatic rings. The number of benzene rings is 1. The molecule has 0 aromatic heterocycles. The van der Waals surface area contributed by atoms with Gasteiger partial charge in [0, 0.05) is 0 Å². The third kappa shape index (κ3) is 2.85. The standard InChI is InChI=1S/C9H10FN3O/c1-6-4-8(10)3-2-7(6)5-12-13-9(11)14/h2-5H,1H3,(H3,11,13,14). The second-order valence-electron chi connectivity index (χ2n) is 2.74. The van der Waals surface area contributed by atoms with Gasteiger partial charge in [-0.05, 0) is 30.2 Å². The summed E-state index contributed by atoms with van der Waals surface area (Å²) in [5.74, 6) is -0.303. The second kappa shape index (κ2) is 4.36. The SMILES string of the molecule is Cc1cc(F)ccc1C=NNC(N)=O. The molecule has 5 heteroatoms. The van der Waals surface area contributed by atoms with Crippen molar-refractivity contribution in [3.63, 3.8) is 0 Å². The Hall–Kier alpha value is -1.91. The minimum atomic E-state index is -0.735. The molecule has 0 aliphatic heterocycles. The number of nitrogens with zero attached hydrogens (tertiary/aromatic N) is 1. The maximum Gasteiger partial charge on any atom is 0.332 e. The number of carbonyl (C=O) groups excluding carboxylic acids is 1. The molecule has 0 unspecified atom stereocenters. The lowest BCUT2D eigenvalue weighted by molar-refractivity contribution is 0.249. The lowest BCUT2D eigenvalue weighted by Gasteiger charge is -1.98. The summed E-state index contributed by atoms with van der Waals surface area (Å²) in [6.07, 6.45) is 1.40. The normalized spacial score (nSPS) is 10.4. The first-order valence-corrected chi connectivity index (χ1v) is 3.94. The molecule has 0 spiro atoms. The third-order valence-electron chi connectivity index (χ3n) is 1.61. The van der Waals surface area contributed by atoms with E-state index in [9.17, 15) is 9.18 Å². The van der Waals surface area contributed by atoms with Crippen LogP contribution in [0.2, 0.25) is 0 Å². The molecular weight excluding hydrogens is 185 g/mol. The summed E-state index contributed by atoms with van der Waals surface area (Å²) in [5.41, 5.74) is 8.30. The van der Waals surface area contributed by atoms with Gasteiger partial charge in [-0.3, -0.25) is 0 Å². The fourth-order valence-corrected chi connectivity index (χ4v) is 0.949. The maximum atomic E-state index is 12.7. The molecule has 74 valence electrons. The molecule has 0 saturated carbocycles. The topological polar surface area (TPSA) is 67.5 Å². The van der Waals surface area contributed by atoms with Crippen molar-refractivity contribution in [2.75, 3.05) is 0 Å². The van der Waals surface area contributed by atoms with Crippen LogP contribution in [0.1, 0.15) is 11.1 Å². The van der Waals surface area contributed by atoms with E-state index in [1.807, 2.05) is 0 Å². The molecular formula is C9H10FN3O. The Kier molecular flexibility index (Phi) is 3.17. The molecule has 0 atom stereocenters. The van der Waals surface area contributed by atoms with Gasteiger partial charge in [0.15, 0.2) is 0 Å². The summed E-state index contributed by atoms with van der Waals surface area (Å²) in [6.45, 7) is 1.74.